The van der Waals surface area contributed by atoms with Crippen LogP contribution in [0.3, 0.4) is 0 Å². The van der Waals surface area contributed by atoms with Gasteiger partial charge in [0.2, 0.25) is 0 Å². The van der Waals surface area contributed by atoms with Crippen molar-refractivity contribution < 1.29 is 9.90 Å². The smallest absolute Gasteiger partial charge is 0.337 e. The van der Waals surface area contributed by atoms with Crippen LogP contribution in [0.15, 0.2) is 36.7 Å². The SMILES string of the molecule is CCc1ccccc1-c1c[nH]cc1C(=O)O. The van der Waals surface area contributed by atoms with Gasteiger partial charge in [-0.2, -0.15) is 0 Å². The molecule has 0 aliphatic rings. The third-order valence-electron chi connectivity index (χ3n) is 2.66. The van der Waals surface area contributed by atoms with E-state index in [1.54, 1.807) is 6.20 Å². The minimum absolute atomic E-state index is 0.320. The number of carboxylic acids is 1. The maximum Gasteiger partial charge on any atom is 0.337 e. The van der Waals surface area contributed by atoms with Crippen LogP contribution in [0.4, 0.5) is 0 Å². The Bertz CT molecular complexity index is 514. The Labute approximate surface area is 93.7 Å². The Kier molecular flexibility index (Phi) is 2.77. The van der Waals surface area contributed by atoms with E-state index in [1.165, 1.54) is 6.20 Å². The van der Waals surface area contributed by atoms with Gasteiger partial charge in [-0.1, -0.05) is 31.2 Å². The number of hydrogen-bond acceptors (Lipinski definition) is 1. The fraction of sp³-hybridized carbons (Fsp3) is 0.154. The highest BCUT2D eigenvalue weighted by Crippen LogP contribution is 2.27. The molecule has 0 saturated carbocycles. The summed E-state index contributed by atoms with van der Waals surface area (Å²) in [6, 6.07) is 7.87. The van der Waals surface area contributed by atoms with Crippen molar-refractivity contribution in [3.05, 3.63) is 47.8 Å². The summed E-state index contributed by atoms with van der Waals surface area (Å²) in [6.07, 6.45) is 4.14. The number of nitrogens with one attached hydrogen (secondary N) is 1. The molecule has 0 atom stereocenters. The average molecular weight is 215 g/mol. The number of aromatic nitrogens is 1. The topological polar surface area (TPSA) is 53.1 Å². The van der Waals surface area contributed by atoms with Gasteiger partial charge in [0.15, 0.2) is 0 Å². The lowest BCUT2D eigenvalue weighted by Crippen LogP contribution is -1.97. The number of benzene rings is 1. The first-order valence-corrected chi connectivity index (χ1v) is 5.22. The van der Waals surface area contributed by atoms with Gasteiger partial charge in [-0.25, -0.2) is 4.79 Å². The molecule has 2 rings (SSSR count). The zero-order valence-corrected chi connectivity index (χ0v) is 9.03. The summed E-state index contributed by atoms with van der Waals surface area (Å²) in [6.45, 7) is 2.06. The molecule has 0 bridgehead atoms. The molecule has 0 fully saturated rings. The van der Waals surface area contributed by atoms with Crippen molar-refractivity contribution in [1.29, 1.82) is 0 Å². The molecule has 0 aliphatic heterocycles. The van der Waals surface area contributed by atoms with Gasteiger partial charge in [-0.05, 0) is 17.5 Å². The van der Waals surface area contributed by atoms with E-state index in [4.69, 9.17) is 5.11 Å². The lowest BCUT2D eigenvalue weighted by molar-refractivity contribution is 0.0698. The molecular weight excluding hydrogens is 202 g/mol. The minimum Gasteiger partial charge on any atom is -0.478 e. The lowest BCUT2D eigenvalue weighted by Gasteiger charge is -2.06. The van der Waals surface area contributed by atoms with Gasteiger partial charge in [0.25, 0.3) is 0 Å². The Morgan fingerprint density at radius 2 is 2.00 bits per heavy atom. The van der Waals surface area contributed by atoms with Crippen LogP contribution in [0.25, 0.3) is 11.1 Å². The molecule has 0 radical (unpaired) electrons. The quantitative estimate of drug-likeness (QED) is 0.827. The molecule has 2 N–H and O–H groups in total. The van der Waals surface area contributed by atoms with Crippen LogP contribution in [0.1, 0.15) is 22.8 Å². The van der Waals surface area contributed by atoms with Gasteiger partial charge in [-0.3, -0.25) is 0 Å². The summed E-state index contributed by atoms with van der Waals surface area (Å²) in [5, 5.41) is 9.06. The van der Waals surface area contributed by atoms with E-state index < -0.39 is 5.97 Å². The molecule has 1 aromatic heterocycles. The van der Waals surface area contributed by atoms with Crippen LogP contribution in [0, 0.1) is 0 Å². The van der Waals surface area contributed by atoms with Crippen molar-refractivity contribution in [2.24, 2.45) is 0 Å². The summed E-state index contributed by atoms with van der Waals surface area (Å²) < 4.78 is 0. The molecule has 82 valence electrons. The summed E-state index contributed by atoms with van der Waals surface area (Å²) >= 11 is 0. The van der Waals surface area contributed by atoms with Crippen LogP contribution in [0.2, 0.25) is 0 Å². The molecule has 0 amide bonds. The molecule has 3 heteroatoms. The average Bonchev–Trinajstić information content (AvgIpc) is 2.77. The Balaban J connectivity index is 2.58. The van der Waals surface area contributed by atoms with Gasteiger partial charge in [-0.15, -0.1) is 0 Å². The van der Waals surface area contributed by atoms with Crippen molar-refractivity contribution in [3.8, 4) is 11.1 Å². The number of hydrogen-bond donors (Lipinski definition) is 2. The first-order chi connectivity index (χ1) is 7.74. The van der Waals surface area contributed by atoms with Gasteiger partial charge in [0, 0.05) is 18.0 Å². The highest BCUT2D eigenvalue weighted by atomic mass is 16.4. The van der Waals surface area contributed by atoms with Crippen LogP contribution in [-0.4, -0.2) is 16.1 Å². The van der Waals surface area contributed by atoms with Crippen molar-refractivity contribution in [2.75, 3.05) is 0 Å². The number of carboxylic acid groups (broad SMARTS) is 1. The van der Waals surface area contributed by atoms with E-state index in [1.807, 2.05) is 24.3 Å². The Morgan fingerprint density at radius 3 is 2.69 bits per heavy atom. The molecule has 0 unspecified atom stereocenters. The zero-order valence-electron chi connectivity index (χ0n) is 9.03. The van der Waals surface area contributed by atoms with Gasteiger partial charge >= 0.3 is 5.97 Å². The van der Waals surface area contributed by atoms with Gasteiger partial charge in [0.1, 0.15) is 0 Å². The largest absolute Gasteiger partial charge is 0.478 e. The first-order valence-electron chi connectivity index (χ1n) is 5.22. The second-order valence-electron chi connectivity index (χ2n) is 3.60. The first kappa shape index (κ1) is 10.5. The maximum atomic E-state index is 11.0. The standard InChI is InChI=1S/C13H13NO2/c1-2-9-5-3-4-6-10(9)11-7-14-8-12(11)13(15)16/h3-8,14H,2H2,1H3,(H,15,16). The van der Waals surface area contributed by atoms with Crippen LogP contribution in [-0.2, 0) is 6.42 Å². The number of aromatic carboxylic acids is 1. The fourth-order valence-corrected chi connectivity index (χ4v) is 1.85. The highest BCUT2D eigenvalue weighted by Gasteiger charge is 2.14. The monoisotopic (exact) mass is 215 g/mol. The predicted molar refractivity (Wildman–Crippen MR) is 62.6 cm³/mol. The van der Waals surface area contributed by atoms with E-state index in [9.17, 15) is 4.79 Å². The molecule has 0 spiro atoms. The van der Waals surface area contributed by atoms with Crippen molar-refractivity contribution >= 4 is 5.97 Å². The fourth-order valence-electron chi connectivity index (χ4n) is 1.85. The van der Waals surface area contributed by atoms with E-state index in [2.05, 4.69) is 11.9 Å². The van der Waals surface area contributed by atoms with E-state index in [-0.39, 0.29) is 0 Å². The third kappa shape index (κ3) is 1.72. The predicted octanol–water partition coefficient (Wildman–Crippen LogP) is 2.94. The molecule has 2 aromatic rings. The Morgan fingerprint density at radius 1 is 1.25 bits per heavy atom. The molecule has 1 aromatic carbocycles. The summed E-state index contributed by atoms with van der Waals surface area (Å²) in [5.74, 6) is -0.901. The van der Waals surface area contributed by atoms with Crippen LogP contribution < -0.4 is 0 Å². The van der Waals surface area contributed by atoms with Crippen molar-refractivity contribution in [2.45, 2.75) is 13.3 Å². The van der Waals surface area contributed by atoms with Crippen molar-refractivity contribution in [3.63, 3.8) is 0 Å². The summed E-state index contributed by atoms with van der Waals surface area (Å²) in [4.78, 5) is 13.9. The van der Waals surface area contributed by atoms with Gasteiger partial charge < -0.3 is 10.1 Å². The Hall–Kier alpha value is -2.03. The number of aromatic amines is 1. The summed E-state index contributed by atoms with van der Waals surface area (Å²) in [5.41, 5.74) is 3.22. The molecule has 0 saturated heterocycles. The number of carbonyl (C=O) groups is 1. The van der Waals surface area contributed by atoms with Crippen LogP contribution in [0.5, 0.6) is 0 Å². The van der Waals surface area contributed by atoms with Crippen LogP contribution >= 0.6 is 0 Å². The third-order valence-corrected chi connectivity index (χ3v) is 2.66. The second-order valence-corrected chi connectivity index (χ2v) is 3.60. The van der Waals surface area contributed by atoms with E-state index >= 15 is 0 Å². The van der Waals surface area contributed by atoms with E-state index in [0.29, 0.717) is 5.56 Å². The zero-order chi connectivity index (χ0) is 11.5. The molecular formula is C13H13NO2. The number of H-pyrrole nitrogens is 1. The molecule has 0 aliphatic carbocycles. The molecule has 1 heterocycles. The number of aryl methyl sites for hydroxylation is 1. The molecule has 3 nitrogen and oxygen atoms in total. The normalized spacial score (nSPS) is 10.3. The second kappa shape index (κ2) is 4.23. The van der Waals surface area contributed by atoms with Crippen molar-refractivity contribution in [1.82, 2.24) is 4.98 Å². The number of rotatable bonds is 3. The van der Waals surface area contributed by atoms with E-state index in [0.717, 1.165) is 23.1 Å². The summed E-state index contributed by atoms with van der Waals surface area (Å²) in [7, 11) is 0. The van der Waals surface area contributed by atoms with Gasteiger partial charge in [0.05, 0.1) is 5.56 Å². The lowest BCUT2D eigenvalue weighted by atomic mass is 9.97. The molecule has 16 heavy (non-hydrogen) atoms. The highest BCUT2D eigenvalue weighted by molar-refractivity contribution is 5.96. The minimum atomic E-state index is -0.901. The maximum absolute atomic E-state index is 11.0.